The van der Waals surface area contributed by atoms with Gasteiger partial charge in [0.2, 0.25) is 5.91 Å². The Labute approximate surface area is 58.8 Å². The van der Waals surface area contributed by atoms with Gasteiger partial charge in [0.05, 0.1) is 6.54 Å². The van der Waals surface area contributed by atoms with Crippen LogP contribution in [0.1, 0.15) is 13.8 Å². The van der Waals surface area contributed by atoms with E-state index in [0.717, 1.165) is 4.90 Å². The maximum absolute atomic E-state index is 10.7. The van der Waals surface area contributed by atoms with E-state index >= 15 is 0 Å². The zero-order valence-corrected chi connectivity index (χ0v) is 5.96. The molecule has 0 aromatic heterocycles. The third-order valence-electron chi connectivity index (χ3n) is 1.34. The molecule has 0 spiro atoms. The number of hydrogen-bond acceptors (Lipinski definition) is 3. The van der Waals surface area contributed by atoms with E-state index in [1.807, 2.05) is 0 Å². The minimum Gasteiger partial charge on any atom is -0.444 e. The molecule has 1 atom stereocenters. The highest BCUT2D eigenvalue weighted by atomic mass is 16.6. The van der Waals surface area contributed by atoms with E-state index < -0.39 is 6.09 Å². The van der Waals surface area contributed by atoms with Gasteiger partial charge in [-0.25, -0.2) is 9.69 Å². The molecule has 0 radical (unpaired) electrons. The summed E-state index contributed by atoms with van der Waals surface area (Å²) in [7, 11) is 0. The topological polar surface area (TPSA) is 46.6 Å². The van der Waals surface area contributed by atoms with Crippen molar-refractivity contribution in [1.82, 2.24) is 4.90 Å². The lowest BCUT2D eigenvalue weighted by Crippen LogP contribution is -2.29. The van der Waals surface area contributed by atoms with Gasteiger partial charge in [-0.05, 0) is 6.92 Å². The summed E-state index contributed by atoms with van der Waals surface area (Å²) in [5, 5.41) is 0. The molecule has 56 valence electrons. The average Bonchev–Trinajstić information content (AvgIpc) is 2.10. The second-order valence-electron chi connectivity index (χ2n) is 2.32. The Bertz CT molecular complexity index is 178. The Morgan fingerprint density at radius 2 is 2.40 bits per heavy atom. The first kappa shape index (κ1) is 7.05. The van der Waals surface area contributed by atoms with E-state index in [2.05, 4.69) is 0 Å². The van der Waals surface area contributed by atoms with Crippen molar-refractivity contribution in [2.24, 2.45) is 0 Å². The van der Waals surface area contributed by atoms with E-state index in [1.165, 1.54) is 6.92 Å². The third kappa shape index (κ3) is 1.10. The monoisotopic (exact) mass is 143 g/mol. The Morgan fingerprint density at radius 3 is 2.60 bits per heavy atom. The van der Waals surface area contributed by atoms with Gasteiger partial charge in [-0.2, -0.15) is 0 Å². The zero-order valence-electron chi connectivity index (χ0n) is 5.96. The highest BCUT2D eigenvalue weighted by Crippen LogP contribution is 2.09. The van der Waals surface area contributed by atoms with Crippen molar-refractivity contribution in [1.29, 1.82) is 0 Å². The molecule has 1 aliphatic heterocycles. The second-order valence-corrected chi connectivity index (χ2v) is 2.32. The van der Waals surface area contributed by atoms with Gasteiger partial charge < -0.3 is 4.74 Å². The fourth-order valence-corrected chi connectivity index (χ4v) is 0.862. The molecule has 0 saturated carbocycles. The first-order valence-electron chi connectivity index (χ1n) is 3.10. The number of carbonyl (C=O) groups excluding carboxylic acids is 2. The molecule has 10 heavy (non-hydrogen) atoms. The van der Waals surface area contributed by atoms with Gasteiger partial charge in [0, 0.05) is 6.92 Å². The SMILES string of the molecule is CC(=O)N1C[C@@H](C)OC1=O. The Balaban J connectivity index is 2.63. The molecule has 2 amide bonds. The molecular weight excluding hydrogens is 134 g/mol. The molecule has 1 aliphatic rings. The van der Waals surface area contributed by atoms with Crippen molar-refractivity contribution in [2.45, 2.75) is 20.0 Å². The molecule has 4 heteroatoms. The summed E-state index contributed by atoms with van der Waals surface area (Å²) in [6.45, 7) is 3.48. The minimum atomic E-state index is -0.528. The predicted octanol–water partition coefficient (Wildman–Crippen LogP) is 0.374. The van der Waals surface area contributed by atoms with Gasteiger partial charge >= 0.3 is 6.09 Å². The van der Waals surface area contributed by atoms with Gasteiger partial charge in [0.25, 0.3) is 0 Å². The number of rotatable bonds is 0. The normalized spacial score (nSPS) is 24.8. The quantitative estimate of drug-likeness (QED) is 0.492. The number of cyclic esters (lactones) is 1. The van der Waals surface area contributed by atoms with Gasteiger partial charge in [-0.1, -0.05) is 0 Å². The molecule has 1 rings (SSSR count). The third-order valence-corrected chi connectivity index (χ3v) is 1.34. The molecule has 0 bridgehead atoms. The molecule has 0 aromatic carbocycles. The van der Waals surface area contributed by atoms with Crippen LogP contribution in [0.3, 0.4) is 0 Å². The molecule has 0 aliphatic carbocycles. The van der Waals surface area contributed by atoms with Crippen LogP contribution in [-0.4, -0.2) is 29.5 Å². The second kappa shape index (κ2) is 2.28. The van der Waals surface area contributed by atoms with E-state index in [1.54, 1.807) is 6.92 Å². The van der Waals surface area contributed by atoms with E-state index in [0.29, 0.717) is 6.54 Å². The lowest BCUT2D eigenvalue weighted by Gasteiger charge is -2.04. The molecule has 0 N–H and O–H groups in total. The highest BCUT2D eigenvalue weighted by molar-refractivity contribution is 5.91. The van der Waals surface area contributed by atoms with Crippen molar-refractivity contribution in [3.8, 4) is 0 Å². The minimum absolute atomic E-state index is 0.156. The van der Waals surface area contributed by atoms with Crippen molar-refractivity contribution in [3.63, 3.8) is 0 Å². The predicted molar refractivity (Wildman–Crippen MR) is 33.3 cm³/mol. The van der Waals surface area contributed by atoms with E-state index in [-0.39, 0.29) is 12.0 Å². The van der Waals surface area contributed by atoms with Crippen LogP contribution in [0.5, 0.6) is 0 Å². The number of amides is 2. The van der Waals surface area contributed by atoms with Crippen LogP contribution in [0.4, 0.5) is 4.79 Å². The summed E-state index contributed by atoms with van der Waals surface area (Å²) in [6, 6.07) is 0. The van der Waals surface area contributed by atoms with Crippen molar-refractivity contribution < 1.29 is 14.3 Å². The number of carbonyl (C=O) groups is 2. The van der Waals surface area contributed by atoms with Gasteiger partial charge in [-0.3, -0.25) is 4.79 Å². The largest absolute Gasteiger partial charge is 0.444 e. The van der Waals surface area contributed by atoms with Crippen LogP contribution in [0.25, 0.3) is 0 Å². The van der Waals surface area contributed by atoms with E-state index in [9.17, 15) is 9.59 Å². The molecule has 1 saturated heterocycles. The summed E-state index contributed by atoms with van der Waals surface area (Å²) < 4.78 is 4.70. The van der Waals surface area contributed by atoms with Crippen molar-refractivity contribution >= 4 is 12.0 Å². The molecule has 4 nitrogen and oxygen atoms in total. The van der Waals surface area contributed by atoms with Crippen LogP contribution in [0, 0.1) is 0 Å². The van der Waals surface area contributed by atoms with Gasteiger partial charge in [0.15, 0.2) is 0 Å². The molecule has 1 fully saturated rings. The fraction of sp³-hybridized carbons (Fsp3) is 0.667. The lowest BCUT2D eigenvalue weighted by atomic mass is 10.4. The van der Waals surface area contributed by atoms with Gasteiger partial charge in [-0.15, -0.1) is 0 Å². The van der Waals surface area contributed by atoms with Crippen molar-refractivity contribution in [2.75, 3.05) is 6.54 Å². The Hall–Kier alpha value is -1.06. The van der Waals surface area contributed by atoms with Crippen LogP contribution >= 0.6 is 0 Å². The van der Waals surface area contributed by atoms with Crippen LogP contribution in [0.2, 0.25) is 0 Å². The number of imide groups is 1. The van der Waals surface area contributed by atoms with E-state index in [4.69, 9.17) is 4.74 Å². The first-order chi connectivity index (χ1) is 4.61. The number of nitrogens with zero attached hydrogens (tertiary/aromatic N) is 1. The summed E-state index contributed by atoms with van der Waals surface area (Å²) in [5.74, 6) is -0.255. The standard InChI is InChI=1S/C6H9NO3/c1-4-3-7(5(2)8)6(9)10-4/h4H,3H2,1-2H3/t4-/m1/s1. The zero-order chi connectivity index (χ0) is 7.72. The summed E-state index contributed by atoms with van der Waals surface area (Å²) in [6.07, 6.45) is -0.684. The van der Waals surface area contributed by atoms with Crippen LogP contribution in [0.15, 0.2) is 0 Å². The smallest absolute Gasteiger partial charge is 0.416 e. The Kier molecular flexibility index (Phi) is 1.61. The average molecular weight is 143 g/mol. The number of hydrogen-bond donors (Lipinski definition) is 0. The lowest BCUT2D eigenvalue weighted by molar-refractivity contribution is -0.125. The van der Waals surface area contributed by atoms with Gasteiger partial charge in [0.1, 0.15) is 6.10 Å². The molecule has 0 aromatic rings. The summed E-state index contributed by atoms with van der Waals surface area (Å²) >= 11 is 0. The molecule has 0 unspecified atom stereocenters. The maximum atomic E-state index is 10.7. The van der Waals surface area contributed by atoms with Crippen LogP contribution < -0.4 is 0 Å². The summed E-state index contributed by atoms with van der Waals surface area (Å²) in [5.41, 5.74) is 0. The maximum Gasteiger partial charge on any atom is 0.416 e. The van der Waals surface area contributed by atoms with Crippen molar-refractivity contribution in [3.05, 3.63) is 0 Å². The molecular formula is C6H9NO3. The highest BCUT2D eigenvalue weighted by Gasteiger charge is 2.30. The number of ether oxygens (including phenoxy) is 1. The Morgan fingerprint density at radius 1 is 1.80 bits per heavy atom. The molecule has 1 heterocycles. The first-order valence-corrected chi connectivity index (χ1v) is 3.10. The van der Waals surface area contributed by atoms with Crippen LogP contribution in [-0.2, 0) is 9.53 Å². The summed E-state index contributed by atoms with van der Waals surface area (Å²) in [4.78, 5) is 22.4. The fourth-order valence-electron chi connectivity index (χ4n) is 0.862.